The van der Waals surface area contributed by atoms with Crippen molar-refractivity contribution in [2.45, 2.75) is 11.8 Å². The lowest BCUT2D eigenvalue weighted by molar-refractivity contribution is 0.0740. The average molecular weight is 473 g/mol. The second-order valence-electron chi connectivity index (χ2n) is 7.18. The normalized spacial score (nSPS) is 14.3. The number of furan rings is 1. The van der Waals surface area contributed by atoms with Gasteiger partial charge in [-0.1, -0.05) is 6.92 Å². The molecule has 0 atom stereocenters. The predicted octanol–water partition coefficient (Wildman–Crippen LogP) is 2.21. The van der Waals surface area contributed by atoms with Gasteiger partial charge in [-0.15, -0.1) is 0 Å². The fourth-order valence-corrected chi connectivity index (χ4v) is 4.56. The van der Waals surface area contributed by atoms with E-state index in [0.29, 0.717) is 18.8 Å². The van der Waals surface area contributed by atoms with Gasteiger partial charge in [0.25, 0.3) is 11.8 Å². The fraction of sp³-hybridized carbons (Fsp3) is 0.286. The van der Waals surface area contributed by atoms with Gasteiger partial charge in [0.2, 0.25) is 21.6 Å². The molecule has 0 spiro atoms. The molecular formula is C21H20FN5O5S. The molecule has 1 fully saturated rings. The van der Waals surface area contributed by atoms with E-state index in [1.807, 2.05) is 6.07 Å². The molecule has 0 aliphatic carbocycles. The third-order valence-electron chi connectivity index (χ3n) is 5.11. The largest absolute Gasteiger partial charge is 0.459 e. The van der Waals surface area contributed by atoms with E-state index in [4.69, 9.17) is 8.83 Å². The summed E-state index contributed by atoms with van der Waals surface area (Å²) in [5, 5.41) is 9.42. The SMILES string of the molecule is CCNS(=O)(=O)c1ccc(F)c(C(=O)N2CCN(c3oc(-c4ccco4)nc3C#N)CC2)c1. The van der Waals surface area contributed by atoms with Crippen molar-refractivity contribution in [2.75, 3.05) is 37.6 Å². The van der Waals surface area contributed by atoms with Crippen molar-refractivity contribution in [2.24, 2.45) is 0 Å². The Hall–Kier alpha value is -3.69. The Morgan fingerprint density at radius 2 is 2.03 bits per heavy atom. The van der Waals surface area contributed by atoms with Crippen molar-refractivity contribution in [1.82, 2.24) is 14.6 Å². The molecule has 3 aromatic rings. The monoisotopic (exact) mass is 473 g/mol. The third-order valence-corrected chi connectivity index (χ3v) is 6.66. The van der Waals surface area contributed by atoms with Crippen LogP contribution in [-0.2, 0) is 10.0 Å². The van der Waals surface area contributed by atoms with Gasteiger partial charge in [0, 0.05) is 32.7 Å². The van der Waals surface area contributed by atoms with E-state index in [1.165, 1.54) is 11.2 Å². The maximum absolute atomic E-state index is 14.4. The molecule has 12 heteroatoms. The topological polar surface area (TPSA) is 133 Å². The van der Waals surface area contributed by atoms with E-state index in [9.17, 15) is 22.9 Å². The van der Waals surface area contributed by atoms with E-state index in [0.717, 1.165) is 18.2 Å². The summed E-state index contributed by atoms with van der Waals surface area (Å²) in [6.07, 6.45) is 1.47. The molecule has 1 saturated heterocycles. The number of aromatic nitrogens is 1. The average Bonchev–Trinajstić information content (AvgIpc) is 3.49. The summed E-state index contributed by atoms with van der Waals surface area (Å²) in [4.78, 5) is 20.1. The first-order valence-corrected chi connectivity index (χ1v) is 11.6. The highest BCUT2D eigenvalue weighted by atomic mass is 32.2. The number of hydrogen-bond donors (Lipinski definition) is 1. The summed E-state index contributed by atoms with van der Waals surface area (Å²) in [6, 6.07) is 8.46. The maximum Gasteiger partial charge on any atom is 0.266 e. The van der Waals surface area contributed by atoms with Crippen LogP contribution in [0.4, 0.5) is 10.3 Å². The van der Waals surface area contributed by atoms with E-state index in [2.05, 4.69) is 9.71 Å². The Labute approximate surface area is 189 Å². The summed E-state index contributed by atoms with van der Waals surface area (Å²) in [5.41, 5.74) is -0.228. The zero-order valence-corrected chi connectivity index (χ0v) is 18.4. The molecule has 33 heavy (non-hydrogen) atoms. The van der Waals surface area contributed by atoms with Gasteiger partial charge in [0.15, 0.2) is 5.76 Å². The Morgan fingerprint density at radius 3 is 2.67 bits per heavy atom. The van der Waals surface area contributed by atoms with Crippen molar-refractivity contribution in [3.05, 3.63) is 53.7 Å². The third kappa shape index (κ3) is 4.46. The van der Waals surface area contributed by atoms with Gasteiger partial charge in [-0.2, -0.15) is 10.2 Å². The molecule has 1 amide bonds. The Bertz CT molecular complexity index is 1310. The predicted molar refractivity (Wildman–Crippen MR) is 114 cm³/mol. The number of nitrogens with one attached hydrogen (secondary N) is 1. The Balaban J connectivity index is 1.50. The molecule has 1 aliphatic heterocycles. The summed E-state index contributed by atoms with van der Waals surface area (Å²) < 4.78 is 52.1. The van der Waals surface area contributed by atoms with E-state index < -0.39 is 21.7 Å². The molecule has 0 saturated carbocycles. The van der Waals surface area contributed by atoms with Crippen molar-refractivity contribution in [3.63, 3.8) is 0 Å². The molecule has 3 heterocycles. The van der Waals surface area contributed by atoms with Crippen LogP contribution in [0.2, 0.25) is 0 Å². The molecule has 4 rings (SSSR count). The summed E-state index contributed by atoms with van der Waals surface area (Å²) >= 11 is 0. The Kier molecular flexibility index (Phi) is 6.17. The second-order valence-corrected chi connectivity index (χ2v) is 8.95. The summed E-state index contributed by atoms with van der Waals surface area (Å²) in [5.74, 6) is -0.598. The van der Waals surface area contributed by atoms with Gasteiger partial charge in [0.1, 0.15) is 11.9 Å². The fourth-order valence-electron chi connectivity index (χ4n) is 3.50. The maximum atomic E-state index is 14.4. The van der Waals surface area contributed by atoms with E-state index >= 15 is 0 Å². The number of benzene rings is 1. The van der Waals surface area contributed by atoms with Gasteiger partial charge in [-0.25, -0.2) is 17.5 Å². The molecule has 1 N–H and O–H groups in total. The number of piperazine rings is 1. The lowest BCUT2D eigenvalue weighted by atomic mass is 10.1. The molecule has 0 bridgehead atoms. The summed E-state index contributed by atoms with van der Waals surface area (Å²) in [6.45, 7) is 2.83. The van der Waals surface area contributed by atoms with Crippen molar-refractivity contribution in [1.29, 1.82) is 5.26 Å². The van der Waals surface area contributed by atoms with Gasteiger partial charge in [0.05, 0.1) is 16.7 Å². The number of halogens is 1. The van der Waals surface area contributed by atoms with Crippen LogP contribution in [0.15, 0.2) is 50.3 Å². The van der Waals surface area contributed by atoms with Crippen molar-refractivity contribution in [3.8, 4) is 17.7 Å². The number of hydrogen-bond acceptors (Lipinski definition) is 8. The second kappa shape index (κ2) is 9.05. The zero-order chi connectivity index (χ0) is 23.6. The highest BCUT2D eigenvalue weighted by Gasteiger charge is 2.29. The first-order valence-electron chi connectivity index (χ1n) is 10.1. The zero-order valence-electron chi connectivity index (χ0n) is 17.6. The first-order chi connectivity index (χ1) is 15.8. The lowest BCUT2D eigenvalue weighted by Gasteiger charge is -2.34. The number of anilines is 1. The minimum atomic E-state index is -3.84. The molecule has 1 aromatic carbocycles. The number of sulfonamides is 1. The molecular weight excluding hydrogens is 453 g/mol. The van der Waals surface area contributed by atoms with Crippen LogP contribution in [-0.4, -0.2) is 56.9 Å². The van der Waals surface area contributed by atoms with Crippen LogP contribution in [0.1, 0.15) is 23.0 Å². The van der Waals surface area contributed by atoms with Crippen LogP contribution >= 0.6 is 0 Å². The first kappa shape index (κ1) is 22.5. The van der Waals surface area contributed by atoms with Crippen LogP contribution in [0.5, 0.6) is 0 Å². The van der Waals surface area contributed by atoms with Gasteiger partial charge < -0.3 is 18.6 Å². The molecule has 1 aliphatic rings. The molecule has 172 valence electrons. The number of carbonyl (C=O) groups is 1. The number of oxazole rings is 1. The van der Waals surface area contributed by atoms with Gasteiger partial charge in [-0.05, 0) is 30.3 Å². The number of amides is 1. The number of carbonyl (C=O) groups excluding carboxylic acids is 1. The minimum absolute atomic E-state index is 0.0913. The highest BCUT2D eigenvalue weighted by molar-refractivity contribution is 7.89. The van der Waals surface area contributed by atoms with E-state index in [-0.39, 0.29) is 47.6 Å². The van der Waals surface area contributed by atoms with Crippen LogP contribution in [0.25, 0.3) is 11.7 Å². The number of nitriles is 1. The van der Waals surface area contributed by atoms with E-state index in [1.54, 1.807) is 24.0 Å². The Morgan fingerprint density at radius 1 is 1.27 bits per heavy atom. The number of rotatable bonds is 6. The van der Waals surface area contributed by atoms with Crippen LogP contribution in [0.3, 0.4) is 0 Å². The molecule has 10 nitrogen and oxygen atoms in total. The molecule has 2 aromatic heterocycles. The van der Waals surface area contributed by atoms with Crippen LogP contribution in [0, 0.1) is 17.1 Å². The van der Waals surface area contributed by atoms with Crippen LogP contribution < -0.4 is 9.62 Å². The lowest BCUT2D eigenvalue weighted by Crippen LogP contribution is -2.49. The van der Waals surface area contributed by atoms with Gasteiger partial charge in [-0.3, -0.25) is 4.79 Å². The highest BCUT2D eigenvalue weighted by Crippen LogP contribution is 2.29. The standard InChI is InChI=1S/C21H20FN5O5S/c1-2-24-33(29,30)14-5-6-16(22)15(12-14)20(28)26-7-9-27(10-8-26)21-17(13-23)25-19(32-21)18-4-3-11-31-18/h3-6,11-12,24H,2,7-10H2,1H3. The summed E-state index contributed by atoms with van der Waals surface area (Å²) in [7, 11) is -3.84. The quantitative estimate of drug-likeness (QED) is 0.576. The van der Waals surface area contributed by atoms with Crippen molar-refractivity contribution < 1.29 is 26.4 Å². The number of nitrogens with zero attached hydrogens (tertiary/aromatic N) is 4. The van der Waals surface area contributed by atoms with Crippen molar-refractivity contribution >= 4 is 21.8 Å². The molecule has 0 radical (unpaired) electrons. The molecule has 0 unspecified atom stereocenters. The smallest absolute Gasteiger partial charge is 0.266 e. The minimum Gasteiger partial charge on any atom is -0.459 e. The van der Waals surface area contributed by atoms with Gasteiger partial charge >= 0.3 is 0 Å².